The van der Waals surface area contributed by atoms with Crippen molar-refractivity contribution < 1.29 is 13.2 Å². The molecular weight excluding hydrogens is 382 g/mol. The third-order valence-electron chi connectivity index (χ3n) is 4.88. The van der Waals surface area contributed by atoms with Crippen molar-refractivity contribution in [2.45, 2.75) is 36.6 Å². The summed E-state index contributed by atoms with van der Waals surface area (Å²) in [6.07, 6.45) is 1.60. The van der Waals surface area contributed by atoms with Crippen LogP contribution in [0.15, 0.2) is 46.7 Å². The van der Waals surface area contributed by atoms with E-state index in [1.165, 1.54) is 18.3 Å². The molecule has 1 saturated heterocycles. The van der Waals surface area contributed by atoms with Crippen molar-refractivity contribution in [2.75, 3.05) is 25.0 Å². The van der Waals surface area contributed by atoms with Gasteiger partial charge in [-0.3, -0.25) is 4.79 Å². The summed E-state index contributed by atoms with van der Waals surface area (Å²) >= 11 is 1.22. The van der Waals surface area contributed by atoms with Gasteiger partial charge in [-0.25, -0.2) is 8.42 Å². The summed E-state index contributed by atoms with van der Waals surface area (Å²) in [6, 6.07) is 13.9. The summed E-state index contributed by atoms with van der Waals surface area (Å²) in [5.41, 5.74) is 1.15. The highest BCUT2D eigenvalue weighted by atomic mass is 32.2. The number of sulfonamides is 1. The number of anilines is 1. The number of nitrogens with one attached hydrogen (secondary N) is 1. The fourth-order valence-electron chi connectivity index (χ4n) is 3.27. The Balaban J connectivity index is 1.62. The van der Waals surface area contributed by atoms with Gasteiger partial charge in [-0.05, 0) is 37.1 Å². The Morgan fingerprint density at radius 2 is 1.85 bits per heavy atom. The van der Waals surface area contributed by atoms with E-state index >= 15 is 0 Å². The van der Waals surface area contributed by atoms with Gasteiger partial charge >= 0.3 is 0 Å². The lowest BCUT2D eigenvalue weighted by molar-refractivity contribution is -0.119. The Kier molecular flexibility index (Phi) is 6.18. The largest absolute Gasteiger partial charge is 0.372 e. The molecule has 1 aromatic carbocycles. The molecule has 1 fully saturated rings. The molecule has 2 aromatic rings. The van der Waals surface area contributed by atoms with Crippen LogP contribution in [0.1, 0.15) is 24.6 Å². The molecule has 1 aliphatic heterocycles. The van der Waals surface area contributed by atoms with Gasteiger partial charge in [0.1, 0.15) is 4.21 Å². The van der Waals surface area contributed by atoms with E-state index < -0.39 is 10.0 Å². The average molecular weight is 408 g/mol. The molecule has 0 radical (unpaired) electrons. The summed E-state index contributed by atoms with van der Waals surface area (Å²) in [4.78, 5) is 14.1. The molecule has 2 heterocycles. The quantitative estimate of drug-likeness (QED) is 0.799. The molecule has 1 aromatic heterocycles. The maximum absolute atomic E-state index is 12.9. The Morgan fingerprint density at radius 3 is 2.48 bits per heavy atom. The summed E-state index contributed by atoms with van der Waals surface area (Å²) in [7, 11) is -1.41. The van der Waals surface area contributed by atoms with Gasteiger partial charge in [0, 0.05) is 43.7 Å². The van der Waals surface area contributed by atoms with E-state index in [4.69, 9.17) is 0 Å². The summed E-state index contributed by atoms with van der Waals surface area (Å²) in [5.74, 6) is -0.127. The normalized spacial score (nSPS) is 16.2. The molecule has 1 aliphatic rings. The molecular formula is C19H25N3O3S2. The number of carbonyl (C=O) groups is 1. The lowest BCUT2D eigenvalue weighted by Gasteiger charge is -2.37. The van der Waals surface area contributed by atoms with E-state index in [0.717, 1.165) is 23.4 Å². The molecule has 1 amide bonds. The molecule has 146 valence electrons. The van der Waals surface area contributed by atoms with Gasteiger partial charge in [0.25, 0.3) is 10.0 Å². The highest BCUT2D eigenvalue weighted by Gasteiger charge is 2.31. The Labute approximate surface area is 164 Å². The van der Waals surface area contributed by atoms with E-state index in [0.29, 0.717) is 29.9 Å². The minimum atomic E-state index is -3.47. The average Bonchev–Trinajstić information content (AvgIpc) is 3.16. The van der Waals surface area contributed by atoms with Crippen molar-refractivity contribution in [3.05, 3.63) is 47.3 Å². The minimum absolute atomic E-state index is 0.127. The van der Waals surface area contributed by atoms with Crippen molar-refractivity contribution >= 4 is 33.0 Å². The lowest BCUT2D eigenvalue weighted by atomic mass is 10.0. The first-order valence-corrected chi connectivity index (χ1v) is 11.2. The van der Waals surface area contributed by atoms with Crippen molar-refractivity contribution in [3.8, 4) is 0 Å². The smallest absolute Gasteiger partial charge is 0.252 e. The van der Waals surface area contributed by atoms with Crippen molar-refractivity contribution in [1.82, 2.24) is 9.62 Å². The van der Waals surface area contributed by atoms with Gasteiger partial charge in [-0.15, -0.1) is 11.3 Å². The number of thiophene rings is 1. The van der Waals surface area contributed by atoms with Gasteiger partial charge in [0.2, 0.25) is 5.91 Å². The predicted molar refractivity (Wildman–Crippen MR) is 108 cm³/mol. The van der Waals surface area contributed by atoms with E-state index in [1.54, 1.807) is 16.4 Å². The molecule has 3 rings (SSSR count). The van der Waals surface area contributed by atoms with E-state index in [2.05, 4.69) is 29.4 Å². The topological polar surface area (TPSA) is 69.7 Å². The number of amides is 1. The Bertz CT molecular complexity index is 873. The maximum Gasteiger partial charge on any atom is 0.252 e. The first kappa shape index (κ1) is 19.9. The monoisotopic (exact) mass is 407 g/mol. The fourth-order valence-corrected chi connectivity index (χ4v) is 6.19. The number of carbonyl (C=O) groups excluding carboxylic acids is 1. The molecule has 0 saturated carbocycles. The number of piperidine rings is 1. The van der Waals surface area contributed by atoms with Gasteiger partial charge in [0.15, 0.2) is 0 Å². The van der Waals surface area contributed by atoms with Crippen LogP contribution in [0, 0.1) is 0 Å². The highest BCUT2D eigenvalue weighted by Crippen LogP contribution is 2.29. The van der Waals surface area contributed by atoms with Crippen LogP contribution < -0.4 is 10.2 Å². The summed E-state index contributed by atoms with van der Waals surface area (Å²) in [6.45, 7) is 2.84. The standard InChI is InChI=1S/C19H25N3O3S2/c1-15(23)20-14-18-8-9-19(26-18)27(24,25)22-12-10-17(11-13-22)21(2)16-6-4-3-5-7-16/h3-9,17H,10-14H2,1-2H3,(H,20,23). The van der Waals surface area contributed by atoms with Crippen LogP contribution in [0.2, 0.25) is 0 Å². The number of para-hydroxylation sites is 1. The molecule has 6 nitrogen and oxygen atoms in total. The fraction of sp³-hybridized carbons (Fsp3) is 0.421. The van der Waals surface area contributed by atoms with Crippen LogP contribution in [0.25, 0.3) is 0 Å². The third-order valence-corrected chi connectivity index (χ3v) is 8.33. The zero-order valence-corrected chi connectivity index (χ0v) is 17.2. The maximum atomic E-state index is 12.9. The molecule has 0 bridgehead atoms. The van der Waals surface area contributed by atoms with Gasteiger partial charge in [-0.1, -0.05) is 18.2 Å². The van der Waals surface area contributed by atoms with Gasteiger partial charge < -0.3 is 10.2 Å². The second-order valence-corrected chi connectivity index (χ2v) is 10.0. The number of nitrogens with zero attached hydrogens (tertiary/aromatic N) is 2. The van der Waals surface area contributed by atoms with E-state index in [9.17, 15) is 13.2 Å². The number of hydrogen-bond donors (Lipinski definition) is 1. The number of benzene rings is 1. The Hall–Kier alpha value is -1.90. The van der Waals surface area contributed by atoms with Crippen LogP contribution in [0.5, 0.6) is 0 Å². The van der Waals surface area contributed by atoms with Crippen molar-refractivity contribution in [3.63, 3.8) is 0 Å². The van der Waals surface area contributed by atoms with Crippen LogP contribution in [-0.4, -0.2) is 44.8 Å². The van der Waals surface area contributed by atoms with Crippen molar-refractivity contribution in [2.24, 2.45) is 0 Å². The molecule has 0 aliphatic carbocycles. The first-order chi connectivity index (χ1) is 12.9. The SMILES string of the molecule is CC(=O)NCc1ccc(S(=O)(=O)N2CCC(N(C)c3ccccc3)CC2)s1. The van der Waals surface area contributed by atoms with Crippen LogP contribution in [0.4, 0.5) is 5.69 Å². The zero-order chi connectivity index (χ0) is 19.4. The molecule has 0 unspecified atom stereocenters. The zero-order valence-electron chi connectivity index (χ0n) is 15.6. The highest BCUT2D eigenvalue weighted by molar-refractivity contribution is 7.91. The van der Waals surface area contributed by atoms with E-state index in [-0.39, 0.29) is 5.91 Å². The number of hydrogen-bond acceptors (Lipinski definition) is 5. The van der Waals surface area contributed by atoms with E-state index in [1.807, 2.05) is 18.2 Å². The second kappa shape index (κ2) is 8.41. The Morgan fingerprint density at radius 1 is 1.19 bits per heavy atom. The minimum Gasteiger partial charge on any atom is -0.372 e. The first-order valence-electron chi connectivity index (χ1n) is 8.99. The molecule has 8 heteroatoms. The van der Waals surface area contributed by atoms with Crippen LogP contribution >= 0.6 is 11.3 Å². The molecule has 0 atom stereocenters. The summed E-state index contributed by atoms with van der Waals surface area (Å²) < 4.78 is 27.8. The van der Waals surface area contributed by atoms with Gasteiger partial charge in [-0.2, -0.15) is 4.31 Å². The van der Waals surface area contributed by atoms with Crippen LogP contribution in [0.3, 0.4) is 0 Å². The third kappa shape index (κ3) is 4.69. The molecule has 27 heavy (non-hydrogen) atoms. The predicted octanol–water partition coefficient (Wildman–Crippen LogP) is 2.67. The van der Waals surface area contributed by atoms with Gasteiger partial charge in [0.05, 0.1) is 6.54 Å². The second-order valence-electron chi connectivity index (χ2n) is 6.71. The molecule has 1 N–H and O–H groups in total. The summed E-state index contributed by atoms with van der Waals surface area (Å²) in [5, 5.41) is 2.70. The lowest BCUT2D eigenvalue weighted by Crippen LogP contribution is -2.45. The molecule has 0 spiro atoms. The van der Waals surface area contributed by atoms with Crippen LogP contribution in [-0.2, 0) is 21.4 Å². The number of rotatable bonds is 6. The van der Waals surface area contributed by atoms with Crippen molar-refractivity contribution in [1.29, 1.82) is 0 Å².